The summed E-state index contributed by atoms with van der Waals surface area (Å²) in [6.45, 7) is 0. The number of benzene rings is 2. The van der Waals surface area contributed by atoms with Crippen LogP contribution in [0.15, 0.2) is 47.8 Å². The van der Waals surface area contributed by atoms with Crippen molar-refractivity contribution in [3.05, 3.63) is 52.9 Å². The maximum absolute atomic E-state index is 10.9. The molecule has 0 spiro atoms. The standard InChI is InChI=1S/C18H15NO3S/c1-21-16-9-14(15-11-23-18(10-20)19-15)17(22-2)8-13(16)12-6-4-3-5-7-12/h3-11H,1-2H3. The van der Waals surface area contributed by atoms with Crippen molar-refractivity contribution in [1.29, 1.82) is 0 Å². The normalized spacial score (nSPS) is 10.3. The molecule has 0 radical (unpaired) electrons. The van der Waals surface area contributed by atoms with Crippen LogP contribution in [0.5, 0.6) is 11.5 Å². The van der Waals surface area contributed by atoms with Crippen LogP contribution in [-0.2, 0) is 0 Å². The molecule has 0 saturated carbocycles. The number of hydrogen-bond donors (Lipinski definition) is 0. The third kappa shape index (κ3) is 2.96. The average molecular weight is 325 g/mol. The number of aldehydes is 1. The number of nitrogens with zero attached hydrogens (tertiary/aromatic N) is 1. The fourth-order valence-electron chi connectivity index (χ4n) is 2.41. The van der Waals surface area contributed by atoms with Gasteiger partial charge in [0.15, 0.2) is 11.3 Å². The Bertz CT molecular complexity index is 828. The predicted molar refractivity (Wildman–Crippen MR) is 91.5 cm³/mol. The molecule has 5 heteroatoms. The van der Waals surface area contributed by atoms with Crippen molar-refractivity contribution in [3.63, 3.8) is 0 Å². The topological polar surface area (TPSA) is 48.4 Å². The summed E-state index contributed by atoms with van der Waals surface area (Å²) >= 11 is 1.30. The second-order valence-corrected chi connectivity index (χ2v) is 5.70. The average Bonchev–Trinajstić information content (AvgIpc) is 3.10. The van der Waals surface area contributed by atoms with E-state index in [0.29, 0.717) is 16.5 Å². The minimum atomic E-state index is 0.438. The molecule has 0 atom stereocenters. The molecule has 0 unspecified atom stereocenters. The smallest absolute Gasteiger partial charge is 0.178 e. The van der Waals surface area contributed by atoms with E-state index in [-0.39, 0.29) is 0 Å². The lowest BCUT2D eigenvalue weighted by molar-refractivity contribution is 0.112. The van der Waals surface area contributed by atoms with E-state index in [2.05, 4.69) is 4.98 Å². The molecule has 0 fully saturated rings. The first-order valence-electron chi connectivity index (χ1n) is 6.99. The minimum Gasteiger partial charge on any atom is -0.496 e. The molecular formula is C18H15NO3S. The van der Waals surface area contributed by atoms with Crippen LogP contribution < -0.4 is 9.47 Å². The van der Waals surface area contributed by atoms with E-state index >= 15 is 0 Å². The number of carbonyl (C=O) groups excluding carboxylic acids is 1. The monoisotopic (exact) mass is 325 g/mol. The molecule has 0 aliphatic heterocycles. The van der Waals surface area contributed by atoms with E-state index in [4.69, 9.17) is 9.47 Å². The van der Waals surface area contributed by atoms with Crippen molar-refractivity contribution >= 4 is 17.6 Å². The summed E-state index contributed by atoms with van der Waals surface area (Å²) in [5, 5.41) is 2.27. The van der Waals surface area contributed by atoms with Crippen molar-refractivity contribution in [1.82, 2.24) is 4.98 Å². The highest BCUT2D eigenvalue weighted by atomic mass is 32.1. The molecule has 3 aromatic rings. The van der Waals surface area contributed by atoms with Gasteiger partial charge in [-0.15, -0.1) is 11.3 Å². The number of hydrogen-bond acceptors (Lipinski definition) is 5. The van der Waals surface area contributed by atoms with Crippen LogP contribution in [0.25, 0.3) is 22.4 Å². The van der Waals surface area contributed by atoms with E-state index in [9.17, 15) is 4.79 Å². The Kier molecular flexibility index (Phi) is 4.39. The Hall–Kier alpha value is -2.66. The van der Waals surface area contributed by atoms with Crippen LogP contribution in [0.2, 0.25) is 0 Å². The number of thiazole rings is 1. The fourth-order valence-corrected chi connectivity index (χ4v) is 3.03. The number of carbonyl (C=O) groups is 1. The van der Waals surface area contributed by atoms with Gasteiger partial charge in [-0.2, -0.15) is 0 Å². The number of ether oxygens (including phenoxy) is 2. The molecule has 2 aromatic carbocycles. The lowest BCUT2D eigenvalue weighted by atomic mass is 10.0. The molecule has 116 valence electrons. The quantitative estimate of drug-likeness (QED) is 0.656. The SMILES string of the molecule is COc1cc(-c2csc(C=O)n2)c(OC)cc1-c1ccccc1. The zero-order valence-electron chi connectivity index (χ0n) is 12.8. The van der Waals surface area contributed by atoms with Crippen LogP contribution in [0.1, 0.15) is 9.80 Å². The molecule has 0 N–H and O–H groups in total. The van der Waals surface area contributed by atoms with Gasteiger partial charge in [0, 0.05) is 16.5 Å². The second-order valence-electron chi connectivity index (χ2n) is 4.81. The number of methoxy groups -OCH3 is 2. The van der Waals surface area contributed by atoms with Gasteiger partial charge >= 0.3 is 0 Å². The molecule has 0 bridgehead atoms. The first kappa shape index (κ1) is 15.2. The Morgan fingerprint density at radius 3 is 2.26 bits per heavy atom. The van der Waals surface area contributed by atoms with Crippen LogP contribution in [-0.4, -0.2) is 25.5 Å². The van der Waals surface area contributed by atoms with E-state index in [1.54, 1.807) is 14.2 Å². The van der Waals surface area contributed by atoms with Crippen LogP contribution >= 0.6 is 11.3 Å². The largest absolute Gasteiger partial charge is 0.496 e. The lowest BCUT2D eigenvalue weighted by Gasteiger charge is -2.14. The fraction of sp³-hybridized carbons (Fsp3) is 0.111. The van der Waals surface area contributed by atoms with Crippen LogP contribution in [0.3, 0.4) is 0 Å². The second kappa shape index (κ2) is 6.62. The summed E-state index contributed by atoms with van der Waals surface area (Å²) in [6, 6.07) is 13.8. The first-order valence-corrected chi connectivity index (χ1v) is 7.87. The Labute approximate surface area is 138 Å². The zero-order chi connectivity index (χ0) is 16.2. The Morgan fingerprint density at radius 1 is 1.00 bits per heavy atom. The number of aromatic nitrogens is 1. The summed E-state index contributed by atoms with van der Waals surface area (Å²) in [6.07, 6.45) is 0.746. The highest BCUT2D eigenvalue weighted by Gasteiger charge is 2.16. The van der Waals surface area contributed by atoms with Crippen molar-refractivity contribution in [2.24, 2.45) is 0 Å². The third-order valence-corrected chi connectivity index (χ3v) is 4.28. The molecule has 0 aliphatic rings. The van der Waals surface area contributed by atoms with Gasteiger partial charge in [-0.25, -0.2) is 4.98 Å². The van der Waals surface area contributed by atoms with Crippen molar-refractivity contribution < 1.29 is 14.3 Å². The highest BCUT2D eigenvalue weighted by molar-refractivity contribution is 7.11. The Morgan fingerprint density at radius 2 is 1.65 bits per heavy atom. The Balaban J connectivity index is 2.17. The maximum atomic E-state index is 10.9. The van der Waals surface area contributed by atoms with Crippen LogP contribution in [0.4, 0.5) is 0 Å². The summed E-state index contributed by atoms with van der Waals surface area (Å²) in [5.74, 6) is 1.42. The van der Waals surface area contributed by atoms with E-state index in [1.807, 2.05) is 47.8 Å². The molecular weight excluding hydrogens is 310 g/mol. The van der Waals surface area contributed by atoms with Crippen molar-refractivity contribution in [2.75, 3.05) is 14.2 Å². The molecule has 0 amide bonds. The first-order chi connectivity index (χ1) is 11.3. The highest BCUT2D eigenvalue weighted by Crippen LogP contribution is 2.40. The summed E-state index contributed by atoms with van der Waals surface area (Å²) in [4.78, 5) is 15.2. The molecule has 1 aromatic heterocycles. The van der Waals surface area contributed by atoms with Gasteiger partial charge in [0.2, 0.25) is 0 Å². The van der Waals surface area contributed by atoms with Gasteiger partial charge in [0.05, 0.1) is 19.9 Å². The minimum absolute atomic E-state index is 0.438. The lowest BCUT2D eigenvalue weighted by Crippen LogP contribution is -1.94. The summed E-state index contributed by atoms with van der Waals surface area (Å²) in [5.41, 5.74) is 3.49. The van der Waals surface area contributed by atoms with Gasteiger partial charge in [-0.05, 0) is 17.7 Å². The van der Waals surface area contributed by atoms with Gasteiger partial charge < -0.3 is 9.47 Å². The van der Waals surface area contributed by atoms with E-state index < -0.39 is 0 Å². The zero-order valence-corrected chi connectivity index (χ0v) is 13.6. The maximum Gasteiger partial charge on any atom is 0.178 e. The summed E-state index contributed by atoms with van der Waals surface area (Å²) in [7, 11) is 3.25. The van der Waals surface area contributed by atoms with Gasteiger partial charge in [-0.3, -0.25) is 4.79 Å². The van der Waals surface area contributed by atoms with E-state index in [0.717, 1.165) is 28.7 Å². The van der Waals surface area contributed by atoms with E-state index in [1.165, 1.54) is 11.3 Å². The van der Waals surface area contributed by atoms with Crippen molar-refractivity contribution in [2.45, 2.75) is 0 Å². The number of rotatable bonds is 5. The molecule has 1 heterocycles. The third-order valence-electron chi connectivity index (χ3n) is 3.51. The molecule has 4 nitrogen and oxygen atoms in total. The molecule has 0 aliphatic carbocycles. The van der Waals surface area contributed by atoms with Crippen molar-refractivity contribution in [3.8, 4) is 33.9 Å². The molecule has 3 rings (SSSR count). The van der Waals surface area contributed by atoms with Crippen LogP contribution in [0, 0.1) is 0 Å². The molecule has 23 heavy (non-hydrogen) atoms. The van der Waals surface area contributed by atoms with Gasteiger partial charge in [0.25, 0.3) is 0 Å². The molecule has 0 saturated heterocycles. The van der Waals surface area contributed by atoms with Gasteiger partial charge in [-0.1, -0.05) is 30.3 Å². The predicted octanol–water partition coefficient (Wildman–Crippen LogP) is 4.31. The van der Waals surface area contributed by atoms with Gasteiger partial charge in [0.1, 0.15) is 11.5 Å². The summed E-state index contributed by atoms with van der Waals surface area (Å²) < 4.78 is 11.1.